The zero-order chi connectivity index (χ0) is 18.4. The van der Waals surface area contributed by atoms with Gasteiger partial charge in [0.1, 0.15) is 12.7 Å². The molecule has 0 saturated heterocycles. The summed E-state index contributed by atoms with van der Waals surface area (Å²) >= 11 is 3.45. The fourth-order valence-corrected chi connectivity index (χ4v) is 3.67. The van der Waals surface area contributed by atoms with Crippen molar-refractivity contribution in [1.82, 2.24) is 15.3 Å². The van der Waals surface area contributed by atoms with Crippen molar-refractivity contribution in [3.63, 3.8) is 0 Å². The van der Waals surface area contributed by atoms with Crippen LogP contribution in [-0.2, 0) is 16.9 Å². The molecule has 1 aromatic heterocycles. The molecule has 0 atom stereocenters. The Hall–Kier alpha value is -2.46. The van der Waals surface area contributed by atoms with Gasteiger partial charge in [0.05, 0.1) is 11.2 Å². The number of nitrogens with one attached hydrogen (secondary N) is 1. The lowest BCUT2D eigenvalue weighted by Crippen LogP contribution is -2.48. The molecular formula is C19H19BrN4O2. The number of amides is 1. The molecular weight excluding hydrogens is 396 g/mol. The molecule has 1 fully saturated rings. The van der Waals surface area contributed by atoms with Gasteiger partial charge in [0.15, 0.2) is 0 Å². The van der Waals surface area contributed by atoms with Crippen molar-refractivity contribution in [2.24, 2.45) is 0 Å². The second-order valence-corrected chi connectivity index (χ2v) is 7.17. The zero-order valence-corrected chi connectivity index (χ0v) is 15.8. The molecule has 3 rings (SSSR count). The number of carbonyl (C=O) groups excluding carboxylic acids is 1. The highest BCUT2D eigenvalue weighted by Gasteiger charge is 2.37. The van der Waals surface area contributed by atoms with Crippen molar-refractivity contribution in [1.29, 1.82) is 5.26 Å². The van der Waals surface area contributed by atoms with Gasteiger partial charge in [-0.05, 0) is 25.0 Å². The van der Waals surface area contributed by atoms with E-state index in [2.05, 4.69) is 31.2 Å². The lowest BCUT2D eigenvalue weighted by atomic mass is 9.79. The van der Waals surface area contributed by atoms with E-state index in [1.807, 2.05) is 30.3 Å². The molecule has 0 unspecified atom stereocenters. The summed E-state index contributed by atoms with van der Waals surface area (Å²) in [6.07, 6.45) is 5.68. The van der Waals surface area contributed by atoms with E-state index in [0.717, 1.165) is 42.1 Å². The minimum absolute atomic E-state index is 0.107. The largest absolute Gasteiger partial charge is 0.445 e. The van der Waals surface area contributed by atoms with Gasteiger partial charge in [-0.1, -0.05) is 53.4 Å². The summed E-state index contributed by atoms with van der Waals surface area (Å²) in [5.41, 5.74) is 0.952. The van der Waals surface area contributed by atoms with Gasteiger partial charge in [-0.15, -0.1) is 0 Å². The van der Waals surface area contributed by atoms with E-state index in [0.29, 0.717) is 5.69 Å². The average molecular weight is 415 g/mol. The fourth-order valence-electron chi connectivity index (χ4n) is 3.27. The molecule has 1 amide bonds. The van der Waals surface area contributed by atoms with Gasteiger partial charge >= 0.3 is 6.09 Å². The molecule has 1 aliphatic carbocycles. The Morgan fingerprint density at radius 1 is 1.27 bits per heavy atom. The molecule has 1 saturated carbocycles. The van der Waals surface area contributed by atoms with Gasteiger partial charge in [0, 0.05) is 16.2 Å². The summed E-state index contributed by atoms with van der Waals surface area (Å²) in [5.74, 6) is 0.107. The Bertz CT molecular complexity index is 828. The predicted octanol–water partition coefficient (Wildman–Crippen LogP) is 4.20. The fraction of sp³-hybridized carbons (Fsp3) is 0.368. The van der Waals surface area contributed by atoms with Crippen molar-refractivity contribution in [2.75, 3.05) is 0 Å². The molecule has 1 N–H and O–H groups in total. The van der Waals surface area contributed by atoms with Crippen LogP contribution in [0.2, 0.25) is 0 Å². The van der Waals surface area contributed by atoms with Crippen molar-refractivity contribution < 1.29 is 9.53 Å². The monoisotopic (exact) mass is 414 g/mol. The Balaban J connectivity index is 1.75. The molecule has 6 nitrogen and oxygen atoms in total. The number of benzene rings is 1. The minimum Gasteiger partial charge on any atom is -0.445 e. The molecule has 134 valence electrons. The number of rotatable bonds is 4. The standard InChI is InChI=1S/C19H19BrN4O2/c20-15-7-3-2-6-14(15)13-26-18(25)24-19(9-4-1-5-10-19)16-8-11-22-17(12-21)23-16/h2-3,6-8,11H,1,4-5,9-10,13H2,(H,24,25). The van der Waals surface area contributed by atoms with E-state index >= 15 is 0 Å². The molecule has 1 aromatic carbocycles. The van der Waals surface area contributed by atoms with Crippen LogP contribution in [0, 0.1) is 11.3 Å². The van der Waals surface area contributed by atoms with E-state index < -0.39 is 11.6 Å². The van der Waals surface area contributed by atoms with Crippen LogP contribution < -0.4 is 5.32 Å². The van der Waals surface area contributed by atoms with E-state index in [1.165, 1.54) is 0 Å². The summed E-state index contributed by atoms with van der Waals surface area (Å²) in [6, 6.07) is 11.3. The van der Waals surface area contributed by atoms with Gasteiger partial charge in [-0.2, -0.15) is 5.26 Å². The number of hydrogen-bond donors (Lipinski definition) is 1. The maximum absolute atomic E-state index is 12.5. The summed E-state index contributed by atoms with van der Waals surface area (Å²) in [5, 5.41) is 12.1. The highest BCUT2D eigenvalue weighted by Crippen LogP contribution is 2.36. The Morgan fingerprint density at radius 3 is 2.77 bits per heavy atom. The van der Waals surface area contributed by atoms with Crippen LogP contribution in [0.1, 0.15) is 49.2 Å². The van der Waals surface area contributed by atoms with E-state index in [1.54, 1.807) is 12.3 Å². The predicted molar refractivity (Wildman–Crippen MR) is 99.0 cm³/mol. The van der Waals surface area contributed by atoms with Crippen LogP contribution in [0.3, 0.4) is 0 Å². The average Bonchev–Trinajstić information content (AvgIpc) is 2.68. The lowest BCUT2D eigenvalue weighted by Gasteiger charge is -2.37. The Labute approximate surface area is 160 Å². The maximum Gasteiger partial charge on any atom is 0.408 e. The molecule has 1 heterocycles. The summed E-state index contributed by atoms with van der Waals surface area (Å²) in [6.45, 7) is 0.177. The third-order valence-corrected chi connectivity index (χ3v) is 5.38. The second kappa shape index (κ2) is 8.28. The molecule has 0 bridgehead atoms. The zero-order valence-electron chi connectivity index (χ0n) is 14.2. The van der Waals surface area contributed by atoms with Crippen LogP contribution in [0.25, 0.3) is 0 Å². The van der Waals surface area contributed by atoms with Crippen LogP contribution in [0.5, 0.6) is 0 Å². The molecule has 0 aliphatic heterocycles. The highest BCUT2D eigenvalue weighted by molar-refractivity contribution is 9.10. The molecule has 2 aromatic rings. The smallest absolute Gasteiger partial charge is 0.408 e. The Morgan fingerprint density at radius 2 is 2.04 bits per heavy atom. The van der Waals surface area contributed by atoms with Crippen LogP contribution in [-0.4, -0.2) is 16.1 Å². The van der Waals surface area contributed by atoms with Crippen LogP contribution in [0.4, 0.5) is 4.79 Å². The van der Waals surface area contributed by atoms with Gasteiger partial charge < -0.3 is 10.1 Å². The first-order chi connectivity index (χ1) is 12.6. The van der Waals surface area contributed by atoms with Crippen molar-refractivity contribution in [3.05, 3.63) is 58.1 Å². The first kappa shape index (κ1) is 18.3. The molecule has 0 radical (unpaired) electrons. The second-order valence-electron chi connectivity index (χ2n) is 6.31. The number of halogens is 1. The van der Waals surface area contributed by atoms with Crippen LogP contribution in [0.15, 0.2) is 41.0 Å². The van der Waals surface area contributed by atoms with Crippen LogP contribution >= 0.6 is 15.9 Å². The van der Waals surface area contributed by atoms with Gasteiger partial charge in [-0.3, -0.25) is 0 Å². The third kappa shape index (κ3) is 4.20. The first-order valence-electron chi connectivity index (χ1n) is 8.55. The topological polar surface area (TPSA) is 87.9 Å². The number of ether oxygens (including phenoxy) is 1. The first-order valence-corrected chi connectivity index (χ1v) is 9.34. The number of hydrogen-bond acceptors (Lipinski definition) is 5. The quantitative estimate of drug-likeness (QED) is 0.809. The highest BCUT2D eigenvalue weighted by atomic mass is 79.9. The Kier molecular flexibility index (Phi) is 5.84. The third-order valence-electron chi connectivity index (χ3n) is 4.61. The number of carbonyl (C=O) groups is 1. The van der Waals surface area contributed by atoms with E-state index in [9.17, 15) is 4.79 Å². The van der Waals surface area contributed by atoms with E-state index in [-0.39, 0.29) is 12.4 Å². The summed E-state index contributed by atoms with van der Waals surface area (Å²) < 4.78 is 6.32. The summed E-state index contributed by atoms with van der Waals surface area (Å²) in [7, 11) is 0. The molecule has 26 heavy (non-hydrogen) atoms. The number of nitriles is 1. The van der Waals surface area contributed by atoms with Gasteiger partial charge in [-0.25, -0.2) is 14.8 Å². The number of aromatic nitrogens is 2. The van der Waals surface area contributed by atoms with Crippen molar-refractivity contribution in [2.45, 2.75) is 44.2 Å². The maximum atomic E-state index is 12.5. The molecule has 1 aliphatic rings. The van der Waals surface area contributed by atoms with E-state index in [4.69, 9.17) is 10.00 Å². The SMILES string of the molecule is N#Cc1nccc(C2(NC(=O)OCc3ccccc3Br)CCCCC2)n1. The normalized spacial score (nSPS) is 15.7. The minimum atomic E-state index is -0.613. The van der Waals surface area contributed by atoms with Gasteiger partial charge in [0.2, 0.25) is 5.82 Å². The lowest BCUT2D eigenvalue weighted by molar-refractivity contribution is 0.115. The molecule has 7 heteroatoms. The van der Waals surface area contributed by atoms with Crippen molar-refractivity contribution >= 4 is 22.0 Å². The number of alkyl carbamates (subject to hydrolysis) is 1. The van der Waals surface area contributed by atoms with Crippen molar-refractivity contribution in [3.8, 4) is 6.07 Å². The number of nitrogens with zero attached hydrogens (tertiary/aromatic N) is 3. The van der Waals surface area contributed by atoms with Gasteiger partial charge in [0.25, 0.3) is 0 Å². The summed E-state index contributed by atoms with van der Waals surface area (Å²) in [4.78, 5) is 20.7. The molecule has 0 spiro atoms.